The lowest BCUT2D eigenvalue weighted by Gasteiger charge is -2.18. The highest BCUT2D eigenvalue weighted by Gasteiger charge is 2.17. The molecular formula is C16H21N3OS. The van der Waals surface area contributed by atoms with Crippen molar-refractivity contribution in [3.8, 4) is 0 Å². The van der Waals surface area contributed by atoms with Crippen LogP contribution in [0, 0.1) is 0 Å². The molecule has 5 heteroatoms. The van der Waals surface area contributed by atoms with E-state index in [-0.39, 0.29) is 0 Å². The normalized spacial score (nSPS) is 17.1. The fourth-order valence-corrected chi connectivity index (χ4v) is 3.51. The number of nitrogens with one attached hydrogen (secondary N) is 1. The van der Waals surface area contributed by atoms with Crippen molar-refractivity contribution in [2.24, 2.45) is 4.99 Å². The van der Waals surface area contributed by atoms with Crippen LogP contribution in [0.25, 0.3) is 0 Å². The van der Waals surface area contributed by atoms with Gasteiger partial charge in [0.05, 0.1) is 6.54 Å². The topological polar surface area (TPSA) is 44.7 Å². The van der Waals surface area contributed by atoms with Crippen LogP contribution < -0.4 is 5.32 Å². The predicted octanol–water partition coefficient (Wildman–Crippen LogP) is 3.10. The van der Waals surface area contributed by atoms with E-state index in [0.717, 1.165) is 42.7 Å². The Morgan fingerprint density at radius 2 is 2.10 bits per heavy atom. The second-order valence-corrected chi connectivity index (χ2v) is 6.53. The van der Waals surface area contributed by atoms with Gasteiger partial charge in [0, 0.05) is 31.0 Å². The number of benzene rings is 1. The van der Waals surface area contributed by atoms with Crippen LogP contribution in [0.5, 0.6) is 0 Å². The molecule has 112 valence electrons. The molecule has 0 bridgehead atoms. The number of amidine groups is 1. The van der Waals surface area contributed by atoms with Crippen LogP contribution in [-0.2, 0) is 11.3 Å². The average Bonchev–Trinajstić information content (AvgIpc) is 3.06. The van der Waals surface area contributed by atoms with Crippen LogP contribution in [0.1, 0.15) is 31.2 Å². The first-order chi connectivity index (χ1) is 10.3. The maximum absolute atomic E-state index is 11.9. The largest absolute Gasteiger partial charge is 0.343 e. The zero-order valence-corrected chi connectivity index (χ0v) is 13.0. The van der Waals surface area contributed by atoms with Gasteiger partial charge in [0.25, 0.3) is 0 Å². The molecule has 1 fully saturated rings. The SMILES string of the molecule is O=C(CCCSC1=NCc2ccccc2N1)N1CCCC1. The molecule has 4 nitrogen and oxygen atoms in total. The molecule has 2 aliphatic heterocycles. The number of thioether (sulfide) groups is 1. The summed E-state index contributed by atoms with van der Waals surface area (Å²) in [6, 6.07) is 8.26. The van der Waals surface area contributed by atoms with E-state index < -0.39 is 0 Å². The first-order valence-corrected chi connectivity index (χ1v) is 8.61. The van der Waals surface area contributed by atoms with E-state index in [1.807, 2.05) is 17.0 Å². The van der Waals surface area contributed by atoms with E-state index in [0.29, 0.717) is 12.3 Å². The van der Waals surface area contributed by atoms with Gasteiger partial charge < -0.3 is 10.2 Å². The molecule has 0 spiro atoms. The number of hydrogen-bond donors (Lipinski definition) is 1. The zero-order valence-electron chi connectivity index (χ0n) is 12.2. The molecule has 0 aliphatic carbocycles. The predicted molar refractivity (Wildman–Crippen MR) is 88.7 cm³/mol. The highest BCUT2D eigenvalue weighted by atomic mass is 32.2. The summed E-state index contributed by atoms with van der Waals surface area (Å²) in [6.07, 6.45) is 3.92. The maximum Gasteiger partial charge on any atom is 0.222 e. The van der Waals surface area contributed by atoms with E-state index in [1.165, 1.54) is 18.4 Å². The molecule has 0 atom stereocenters. The van der Waals surface area contributed by atoms with Gasteiger partial charge in [-0.1, -0.05) is 30.0 Å². The molecule has 21 heavy (non-hydrogen) atoms. The van der Waals surface area contributed by atoms with Crippen molar-refractivity contribution < 1.29 is 4.79 Å². The second kappa shape index (κ2) is 6.98. The van der Waals surface area contributed by atoms with Gasteiger partial charge in [0.1, 0.15) is 0 Å². The van der Waals surface area contributed by atoms with Gasteiger partial charge in [-0.2, -0.15) is 0 Å². The van der Waals surface area contributed by atoms with Crippen molar-refractivity contribution >= 4 is 28.5 Å². The van der Waals surface area contributed by atoms with Crippen molar-refractivity contribution in [2.75, 3.05) is 24.2 Å². The van der Waals surface area contributed by atoms with E-state index in [4.69, 9.17) is 0 Å². The van der Waals surface area contributed by atoms with Gasteiger partial charge in [-0.3, -0.25) is 9.79 Å². The Bertz CT molecular complexity index is 538. The number of likely N-dealkylation sites (tertiary alicyclic amines) is 1. The van der Waals surface area contributed by atoms with Gasteiger partial charge in [-0.15, -0.1) is 0 Å². The van der Waals surface area contributed by atoms with Crippen molar-refractivity contribution in [2.45, 2.75) is 32.2 Å². The van der Waals surface area contributed by atoms with Gasteiger partial charge in [0.2, 0.25) is 5.91 Å². The lowest BCUT2D eigenvalue weighted by Crippen LogP contribution is -2.27. The Hall–Kier alpha value is -1.49. The number of para-hydroxylation sites is 1. The molecule has 0 saturated carbocycles. The van der Waals surface area contributed by atoms with Crippen LogP contribution >= 0.6 is 11.8 Å². The lowest BCUT2D eigenvalue weighted by atomic mass is 10.1. The summed E-state index contributed by atoms with van der Waals surface area (Å²) in [5.74, 6) is 1.25. The summed E-state index contributed by atoms with van der Waals surface area (Å²) in [5, 5.41) is 4.33. The fraction of sp³-hybridized carbons (Fsp3) is 0.500. The van der Waals surface area contributed by atoms with Crippen molar-refractivity contribution in [1.29, 1.82) is 0 Å². The molecule has 1 saturated heterocycles. The van der Waals surface area contributed by atoms with Crippen molar-refractivity contribution in [1.82, 2.24) is 4.90 Å². The highest BCUT2D eigenvalue weighted by molar-refractivity contribution is 8.14. The number of rotatable bonds is 4. The molecule has 0 unspecified atom stereocenters. The number of aliphatic imine (C=N–C) groups is 1. The summed E-state index contributed by atoms with van der Waals surface area (Å²) >= 11 is 1.71. The van der Waals surface area contributed by atoms with Gasteiger partial charge in [-0.05, 0) is 30.9 Å². The number of anilines is 1. The van der Waals surface area contributed by atoms with E-state index in [9.17, 15) is 4.79 Å². The fourth-order valence-electron chi connectivity index (χ4n) is 2.69. The minimum Gasteiger partial charge on any atom is -0.343 e. The summed E-state index contributed by atoms with van der Waals surface area (Å²) in [7, 11) is 0. The smallest absolute Gasteiger partial charge is 0.222 e. The summed E-state index contributed by atoms with van der Waals surface area (Å²) in [6.45, 7) is 2.66. The summed E-state index contributed by atoms with van der Waals surface area (Å²) < 4.78 is 0. The van der Waals surface area contributed by atoms with Crippen LogP contribution in [-0.4, -0.2) is 34.8 Å². The van der Waals surface area contributed by atoms with Crippen LogP contribution in [0.4, 0.5) is 5.69 Å². The first-order valence-electron chi connectivity index (χ1n) is 7.63. The molecule has 2 heterocycles. The zero-order chi connectivity index (χ0) is 14.5. The Morgan fingerprint density at radius 3 is 2.95 bits per heavy atom. The van der Waals surface area contributed by atoms with Crippen molar-refractivity contribution in [3.05, 3.63) is 29.8 Å². The molecule has 1 aromatic carbocycles. The minimum absolute atomic E-state index is 0.317. The van der Waals surface area contributed by atoms with Crippen molar-refractivity contribution in [3.63, 3.8) is 0 Å². The first kappa shape index (κ1) is 14.4. The molecule has 1 aromatic rings. The molecule has 2 aliphatic rings. The third-order valence-electron chi connectivity index (χ3n) is 3.88. The van der Waals surface area contributed by atoms with Crippen LogP contribution in [0.2, 0.25) is 0 Å². The molecule has 0 radical (unpaired) electrons. The summed E-state index contributed by atoms with van der Waals surface area (Å²) in [5.41, 5.74) is 2.40. The van der Waals surface area contributed by atoms with E-state index in [1.54, 1.807) is 11.8 Å². The Morgan fingerprint density at radius 1 is 1.29 bits per heavy atom. The number of amides is 1. The Labute approximate surface area is 130 Å². The minimum atomic E-state index is 0.317. The lowest BCUT2D eigenvalue weighted by molar-refractivity contribution is -0.130. The number of fused-ring (bicyclic) bond motifs is 1. The number of hydrogen-bond acceptors (Lipinski definition) is 4. The van der Waals surface area contributed by atoms with E-state index in [2.05, 4.69) is 22.4 Å². The van der Waals surface area contributed by atoms with Crippen LogP contribution in [0.3, 0.4) is 0 Å². The Kier molecular flexibility index (Phi) is 4.80. The third-order valence-corrected chi connectivity index (χ3v) is 4.88. The number of carbonyl (C=O) groups is 1. The van der Waals surface area contributed by atoms with Gasteiger partial charge in [-0.25, -0.2) is 0 Å². The Balaban J connectivity index is 1.38. The molecular weight excluding hydrogens is 282 g/mol. The van der Waals surface area contributed by atoms with Gasteiger partial charge in [0.15, 0.2) is 5.17 Å². The molecule has 1 amide bonds. The van der Waals surface area contributed by atoms with Crippen LogP contribution in [0.15, 0.2) is 29.3 Å². The summed E-state index contributed by atoms with van der Waals surface area (Å²) in [4.78, 5) is 18.5. The quantitative estimate of drug-likeness (QED) is 0.869. The maximum atomic E-state index is 11.9. The third kappa shape index (κ3) is 3.79. The molecule has 1 N–H and O–H groups in total. The standard InChI is InChI=1S/C16H21N3OS/c20-15(19-9-3-4-10-19)8-5-11-21-16-17-12-13-6-1-2-7-14(13)18-16/h1-2,6-7H,3-5,8-12H2,(H,17,18). The number of nitrogens with zero attached hydrogens (tertiary/aromatic N) is 2. The molecule has 3 rings (SSSR count). The van der Waals surface area contributed by atoms with E-state index >= 15 is 0 Å². The monoisotopic (exact) mass is 303 g/mol. The number of carbonyl (C=O) groups excluding carboxylic acids is 1. The average molecular weight is 303 g/mol. The highest BCUT2D eigenvalue weighted by Crippen LogP contribution is 2.23. The molecule has 0 aromatic heterocycles. The van der Waals surface area contributed by atoms with Gasteiger partial charge >= 0.3 is 0 Å². The second-order valence-electron chi connectivity index (χ2n) is 5.44.